The fraction of sp³-hybridized carbons (Fsp3) is 1.00. The molecule has 1 saturated carbocycles. The Bertz CT molecular complexity index is 199. The van der Waals surface area contributed by atoms with Crippen LogP contribution in [0.2, 0.25) is 0 Å². The van der Waals surface area contributed by atoms with Crippen LogP contribution in [0, 0.1) is 11.8 Å². The van der Waals surface area contributed by atoms with Crippen LogP contribution in [0.4, 0.5) is 0 Å². The van der Waals surface area contributed by atoms with Gasteiger partial charge in [0, 0.05) is 18.4 Å². The van der Waals surface area contributed by atoms with Gasteiger partial charge in [-0.25, -0.2) is 0 Å². The fourth-order valence-corrected chi connectivity index (χ4v) is 2.59. The van der Waals surface area contributed by atoms with E-state index in [1.807, 2.05) is 0 Å². The minimum absolute atomic E-state index is 0.287. The Morgan fingerprint density at radius 2 is 2.46 bits per heavy atom. The fourth-order valence-electron chi connectivity index (χ4n) is 2.38. The van der Waals surface area contributed by atoms with Crippen LogP contribution < -0.4 is 0 Å². The highest BCUT2D eigenvalue weighted by Crippen LogP contribution is 2.49. The summed E-state index contributed by atoms with van der Waals surface area (Å²) in [6, 6.07) is 0. The molecule has 2 nitrogen and oxygen atoms in total. The van der Waals surface area contributed by atoms with Gasteiger partial charge in [-0.05, 0) is 31.2 Å². The number of β-amino-alcohol motifs (C(OH)–C–C–N with tert-alkyl or cyclic N) is 1. The Hall–Kier alpha value is 0.400. The summed E-state index contributed by atoms with van der Waals surface area (Å²) in [6.07, 6.45) is 2.25. The van der Waals surface area contributed by atoms with Crippen LogP contribution in [0.5, 0.6) is 0 Å². The quantitative estimate of drug-likeness (QED) is 0.764. The highest BCUT2D eigenvalue weighted by Gasteiger charge is 2.55. The number of halogens is 1. The Morgan fingerprint density at radius 3 is 3.08 bits per heavy atom. The van der Waals surface area contributed by atoms with Gasteiger partial charge >= 0.3 is 0 Å². The number of nitrogens with zero attached hydrogens (tertiary/aromatic N) is 1. The highest BCUT2D eigenvalue weighted by atomic mass is 79.9. The molecule has 0 aromatic carbocycles. The van der Waals surface area contributed by atoms with Crippen molar-refractivity contribution in [3.05, 3.63) is 0 Å². The Labute approximate surface area is 88.4 Å². The summed E-state index contributed by atoms with van der Waals surface area (Å²) in [5.74, 6) is 1.32. The summed E-state index contributed by atoms with van der Waals surface area (Å²) < 4.78 is 0. The van der Waals surface area contributed by atoms with Crippen LogP contribution in [0.3, 0.4) is 0 Å². The number of rotatable bonds is 3. The molecule has 0 aromatic rings. The predicted molar refractivity (Wildman–Crippen MR) is 57.1 cm³/mol. The Balaban J connectivity index is 1.81. The first-order chi connectivity index (χ1) is 6.14. The van der Waals surface area contributed by atoms with E-state index in [0.717, 1.165) is 24.8 Å². The monoisotopic (exact) mass is 247 g/mol. The lowest BCUT2D eigenvalue weighted by atomic mass is 10.1. The van der Waals surface area contributed by atoms with Crippen LogP contribution >= 0.6 is 15.9 Å². The van der Waals surface area contributed by atoms with Crippen LogP contribution in [-0.4, -0.2) is 40.6 Å². The molecule has 2 aliphatic rings. The zero-order chi connectivity index (χ0) is 9.47. The third kappa shape index (κ3) is 2.08. The van der Waals surface area contributed by atoms with E-state index >= 15 is 0 Å². The number of aliphatic hydroxyl groups is 1. The molecule has 13 heavy (non-hydrogen) atoms. The molecule has 2 fully saturated rings. The second-order valence-electron chi connectivity index (χ2n) is 4.79. The number of hydrogen-bond donors (Lipinski definition) is 1. The van der Waals surface area contributed by atoms with Crippen molar-refractivity contribution < 1.29 is 5.11 Å². The molecule has 3 heteroatoms. The van der Waals surface area contributed by atoms with E-state index in [9.17, 15) is 5.11 Å². The van der Waals surface area contributed by atoms with Crippen LogP contribution in [0.1, 0.15) is 19.8 Å². The van der Waals surface area contributed by atoms with Gasteiger partial charge in [0.15, 0.2) is 0 Å². The molecule has 3 atom stereocenters. The average molecular weight is 248 g/mol. The maximum Gasteiger partial charge on any atom is 0.0807 e. The maximum atomic E-state index is 9.95. The summed E-state index contributed by atoms with van der Waals surface area (Å²) in [5, 5.41) is 11.0. The molecule has 1 N–H and O–H groups in total. The van der Waals surface area contributed by atoms with Crippen molar-refractivity contribution in [1.82, 2.24) is 4.90 Å². The molecule has 0 radical (unpaired) electrons. The largest absolute Gasteiger partial charge is 0.388 e. The third-order valence-corrected chi connectivity index (χ3v) is 4.43. The molecule has 1 heterocycles. The van der Waals surface area contributed by atoms with Crippen LogP contribution in [-0.2, 0) is 0 Å². The second kappa shape index (κ2) is 3.52. The van der Waals surface area contributed by atoms with Crippen molar-refractivity contribution in [2.24, 2.45) is 11.8 Å². The van der Waals surface area contributed by atoms with E-state index in [2.05, 4.69) is 27.8 Å². The minimum Gasteiger partial charge on any atom is -0.388 e. The zero-order valence-electron chi connectivity index (χ0n) is 8.17. The molecule has 1 aliphatic heterocycles. The molecule has 0 spiro atoms. The van der Waals surface area contributed by atoms with Gasteiger partial charge in [-0.1, -0.05) is 22.9 Å². The van der Waals surface area contributed by atoms with Crippen molar-refractivity contribution >= 4 is 15.9 Å². The summed E-state index contributed by atoms with van der Waals surface area (Å²) in [5.41, 5.74) is -0.287. The smallest absolute Gasteiger partial charge is 0.0807 e. The van der Waals surface area contributed by atoms with E-state index in [-0.39, 0.29) is 5.60 Å². The van der Waals surface area contributed by atoms with E-state index < -0.39 is 0 Å². The van der Waals surface area contributed by atoms with Crippen molar-refractivity contribution in [3.63, 3.8) is 0 Å². The lowest BCUT2D eigenvalue weighted by Gasteiger charge is -2.31. The normalized spacial score (nSPS) is 41.3. The van der Waals surface area contributed by atoms with Gasteiger partial charge in [0.2, 0.25) is 0 Å². The van der Waals surface area contributed by atoms with Crippen molar-refractivity contribution in [1.29, 1.82) is 0 Å². The maximum absolute atomic E-state index is 9.95. The summed E-state index contributed by atoms with van der Waals surface area (Å²) in [7, 11) is 0. The van der Waals surface area contributed by atoms with Crippen molar-refractivity contribution in [2.75, 3.05) is 25.0 Å². The van der Waals surface area contributed by atoms with E-state index in [1.165, 1.54) is 13.0 Å². The summed E-state index contributed by atoms with van der Waals surface area (Å²) in [4.78, 5) is 2.41. The first-order valence-corrected chi connectivity index (χ1v) is 6.27. The molecule has 1 aliphatic carbocycles. The van der Waals surface area contributed by atoms with Crippen molar-refractivity contribution in [3.8, 4) is 0 Å². The van der Waals surface area contributed by atoms with Gasteiger partial charge in [-0.3, -0.25) is 0 Å². The lowest BCUT2D eigenvalue weighted by Crippen LogP contribution is -2.42. The zero-order valence-corrected chi connectivity index (χ0v) is 9.76. The van der Waals surface area contributed by atoms with Gasteiger partial charge in [-0.2, -0.15) is 0 Å². The van der Waals surface area contributed by atoms with E-state index in [1.54, 1.807) is 0 Å². The molecule has 1 unspecified atom stereocenters. The third-order valence-electron chi connectivity index (χ3n) is 3.32. The molecular formula is C10H18BrNO. The number of alkyl halides is 1. The van der Waals surface area contributed by atoms with Gasteiger partial charge in [0.25, 0.3) is 0 Å². The van der Waals surface area contributed by atoms with Crippen LogP contribution in [0.15, 0.2) is 0 Å². The molecule has 0 amide bonds. The molecule has 0 aromatic heterocycles. The molecule has 2 rings (SSSR count). The van der Waals surface area contributed by atoms with Gasteiger partial charge < -0.3 is 10.0 Å². The number of fused-ring (bicyclic) bond motifs is 1. The molecule has 1 saturated heterocycles. The summed E-state index contributed by atoms with van der Waals surface area (Å²) >= 11 is 3.49. The first-order valence-electron chi connectivity index (χ1n) is 5.15. The molecule has 76 valence electrons. The Morgan fingerprint density at radius 1 is 1.69 bits per heavy atom. The number of piperidine rings is 1. The van der Waals surface area contributed by atoms with Crippen molar-refractivity contribution in [2.45, 2.75) is 25.4 Å². The molecular weight excluding hydrogens is 230 g/mol. The number of likely N-dealkylation sites (tertiary alicyclic amines) is 1. The molecule has 0 bridgehead atoms. The topological polar surface area (TPSA) is 23.5 Å². The standard InChI is InChI=1S/C10H18BrNO/c1-8(5-11)6-12-3-2-9-4-10(9,13)7-12/h8-9,13H,2-7H2,1H3/t8?,9-,10+/m1/s1. The van der Waals surface area contributed by atoms with E-state index in [4.69, 9.17) is 0 Å². The van der Waals surface area contributed by atoms with E-state index in [0.29, 0.717) is 11.8 Å². The highest BCUT2D eigenvalue weighted by molar-refractivity contribution is 9.09. The predicted octanol–water partition coefficient (Wildman–Crippen LogP) is 1.47. The summed E-state index contributed by atoms with van der Waals surface area (Å²) in [6.45, 7) is 5.47. The van der Waals surface area contributed by atoms with Crippen LogP contribution in [0.25, 0.3) is 0 Å². The first kappa shape index (κ1) is 9.94. The minimum atomic E-state index is -0.287. The second-order valence-corrected chi connectivity index (χ2v) is 5.44. The van der Waals surface area contributed by atoms with Gasteiger partial charge in [0.05, 0.1) is 5.60 Å². The average Bonchev–Trinajstić information content (AvgIpc) is 2.75. The number of hydrogen-bond acceptors (Lipinski definition) is 2. The lowest BCUT2D eigenvalue weighted by molar-refractivity contribution is 0.0456. The Kier molecular flexibility index (Phi) is 2.69. The van der Waals surface area contributed by atoms with Gasteiger partial charge in [-0.15, -0.1) is 0 Å². The SMILES string of the molecule is CC(CBr)CN1CC[C@@H]2C[C@]2(O)C1. The van der Waals surface area contributed by atoms with Gasteiger partial charge in [0.1, 0.15) is 0 Å².